The molecule has 0 aliphatic heterocycles. The topological polar surface area (TPSA) is 17.3 Å². The minimum absolute atomic E-state index is 0.305. The second-order valence-corrected chi connectivity index (χ2v) is 11.0. The molecule has 0 bridgehead atoms. The lowest BCUT2D eigenvalue weighted by Gasteiger charge is -2.40. The summed E-state index contributed by atoms with van der Waals surface area (Å²) < 4.78 is 2.42. The Labute approximate surface area is 213 Å². The fraction of sp³-hybridized carbons (Fsp3) is 0.156. The van der Waals surface area contributed by atoms with Gasteiger partial charge in [-0.3, -0.25) is 4.98 Å². The number of hydrogen-bond acceptors (Lipinski definition) is 1. The van der Waals surface area contributed by atoms with Crippen LogP contribution in [-0.4, -0.2) is 25.1 Å². The first-order valence-corrected chi connectivity index (χ1v) is 12.4. The highest BCUT2D eigenvalue weighted by Gasteiger charge is 2.33. The summed E-state index contributed by atoms with van der Waals surface area (Å²) in [6.45, 7) is 6.19. The second kappa shape index (κ2) is 7.13. The van der Waals surface area contributed by atoms with Crippen molar-refractivity contribution in [3.05, 3.63) is 96.7 Å². The van der Waals surface area contributed by atoms with E-state index in [-0.39, 0.29) is 5.41 Å². The van der Waals surface area contributed by atoms with Gasteiger partial charge in [0.25, 0.3) is 0 Å². The van der Waals surface area contributed by atoms with Gasteiger partial charge < -0.3 is 4.40 Å². The average Bonchev–Trinajstić information content (AvgIpc) is 3.40. The smallest absolute Gasteiger partial charge is 0.0710 e. The van der Waals surface area contributed by atoms with Gasteiger partial charge in [0.2, 0.25) is 0 Å². The lowest BCUT2D eigenvalue weighted by Crippen LogP contribution is -2.41. The number of hydrogen-bond donors (Lipinski definition) is 0. The second-order valence-electron chi connectivity index (χ2n) is 11.0. The molecule has 0 atom stereocenters. The van der Waals surface area contributed by atoms with Crippen molar-refractivity contribution in [2.75, 3.05) is 0 Å². The molecule has 3 heterocycles. The molecule has 36 heavy (non-hydrogen) atoms. The van der Waals surface area contributed by atoms with Crippen molar-refractivity contribution in [3.63, 3.8) is 0 Å². The van der Waals surface area contributed by atoms with E-state index in [1.165, 1.54) is 48.9 Å². The first-order chi connectivity index (χ1) is 17.3. The molecular formula is C32H24B2N2. The zero-order valence-electron chi connectivity index (χ0n) is 20.7. The van der Waals surface area contributed by atoms with Gasteiger partial charge in [0.15, 0.2) is 0 Å². The average molecular weight is 458 g/mol. The van der Waals surface area contributed by atoms with E-state index in [0.717, 1.165) is 16.8 Å². The SMILES string of the molecule is [B]C([B])(c1ccnc(-c2cccc3c2ccc2c3c3cccc4c5ccccc5n2c43)c1)C(C)(C)C. The summed E-state index contributed by atoms with van der Waals surface area (Å²) in [6, 6.07) is 30.3. The highest BCUT2D eigenvalue weighted by molar-refractivity contribution is 6.40. The van der Waals surface area contributed by atoms with Crippen LogP contribution in [0, 0.1) is 5.41 Å². The van der Waals surface area contributed by atoms with E-state index in [0.29, 0.717) is 0 Å². The van der Waals surface area contributed by atoms with Crippen LogP contribution in [0.15, 0.2) is 91.1 Å². The van der Waals surface area contributed by atoms with E-state index in [2.05, 4.69) is 98.0 Å². The Morgan fingerprint density at radius 2 is 1.39 bits per heavy atom. The van der Waals surface area contributed by atoms with Gasteiger partial charge in [0, 0.05) is 33.3 Å². The standard InChI is InChI=1S/C32H24B2N2/c1-31(2,3)32(33,34)19-16-17-35-26(18-19)21-9-6-10-23-20(21)14-15-28-29(23)25-12-7-11-24-22-8-4-5-13-27(22)36(28)30(24)25/h4-18H,1-3H3. The Bertz CT molecular complexity index is 1960. The molecule has 7 aromatic rings. The van der Waals surface area contributed by atoms with Crippen LogP contribution in [0.5, 0.6) is 0 Å². The molecular weight excluding hydrogens is 434 g/mol. The van der Waals surface area contributed by atoms with Gasteiger partial charge in [0.05, 0.1) is 37.9 Å². The molecule has 0 aliphatic carbocycles. The molecule has 0 unspecified atom stereocenters. The maximum absolute atomic E-state index is 6.62. The Balaban J connectivity index is 1.54. The fourth-order valence-corrected chi connectivity index (χ4v) is 5.78. The van der Waals surface area contributed by atoms with Gasteiger partial charge in [-0.05, 0) is 40.5 Å². The molecule has 4 radical (unpaired) electrons. The zero-order chi connectivity index (χ0) is 24.8. The minimum atomic E-state index is -0.975. The van der Waals surface area contributed by atoms with Crippen molar-refractivity contribution < 1.29 is 0 Å². The van der Waals surface area contributed by atoms with Gasteiger partial charge >= 0.3 is 0 Å². The van der Waals surface area contributed by atoms with E-state index in [9.17, 15) is 0 Å². The zero-order valence-corrected chi connectivity index (χ0v) is 20.7. The lowest BCUT2D eigenvalue weighted by atomic mass is 9.41. The molecule has 0 spiro atoms. The van der Waals surface area contributed by atoms with Crippen LogP contribution < -0.4 is 0 Å². The van der Waals surface area contributed by atoms with Crippen LogP contribution in [0.4, 0.5) is 0 Å². The van der Waals surface area contributed by atoms with Crippen molar-refractivity contribution >= 4 is 64.6 Å². The Hall–Kier alpha value is -3.78. The van der Waals surface area contributed by atoms with E-state index in [1.54, 1.807) is 0 Å². The quantitative estimate of drug-likeness (QED) is 0.244. The molecule has 7 rings (SSSR count). The maximum Gasteiger partial charge on any atom is 0.0710 e. The van der Waals surface area contributed by atoms with Crippen LogP contribution in [-0.2, 0) is 5.21 Å². The number of nitrogens with zero attached hydrogens (tertiary/aromatic N) is 2. The first-order valence-electron chi connectivity index (χ1n) is 12.4. The first kappa shape index (κ1) is 21.5. The number of benzene rings is 4. The third-order valence-electron chi connectivity index (χ3n) is 8.00. The van der Waals surface area contributed by atoms with Crippen molar-refractivity contribution in [1.29, 1.82) is 0 Å². The van der Waals surface area contributed by atoms with Crippen LogP contribution in [0.25, 0.3) is 60.1 Å². The van der Waals surface area contributed by atoms with Crippen molar-refractivity contribution in [1.82, 2.24) is 9.38 Å². The van der Waals surface area contributed by atoms with Crippen molar-refractivity contribution in [2.24, 2.45) is 5.41 Å². The highest BCUT2D eigenvalue weighted by atomic mass is 14.9. The molecule has 0 saturated carbocycles. The fourth-order valence-electron chi connectivity index (χ4n) is 5.78. The van der Waals surface area contributed by atoms with E-state index in [4.69, 9.17) is 20.7 Å². The minimum Gasteiger partial charge on any atom is -0.308 e. The Morgan fingerprint density at radius 1 is 0.667 bits per heavy atom. The van der Waals surface area contributed by atoms with Gasteiger partial charge in [-0.25, -0.2) is 0 Å². The van der Waals surface area contributed by atoms with E-state index in [1.807, 2.05) is 18.3 Å². The molecule has 168 valence electrons. The van der Waals surface area contributed by atoms with E-state index < -0.39 is 5.21 Å². The summed E-state index contributed by atoms with van der Waals surface area (Å²) in [5, 5.41) is 6.56. The number of pyridine rings is 1. The monoisotopic (exact) mass is 458 g/mol. The van der Waals surface area contributed by atoms with Gasteiger partial charge in [-0.1, -0.05) is 92.2 Å². The van der Waals surface area contributed by atoms with E-state index >= 15 is 0 Å². The van der Waals surface area contributed by atoms with Crippen molar-refractivity contribution in [2.45, 2.75) is 26.0 Å². The van der Waals surface area contributed by atoms with Crippen LogP contribution in [0.3, 0.4) is 0 Å². The summed E-state index contributed by atoms with van der Waals surface area (Å²) in [6.07, 6.45) is 1.82. The number of para-hydroxylation sites is 2. The normalized spacial score (nSPS) is 13.1. The number of rotatable bonds is 2. The van der Waals surface area contributed by atoms with Gasteiger partial charge in [-0.2, -0.15) is 0 Å². The summed E-state index contributed by atoms with van der Waals surface area (Å²) in [5.74, 6) is 0. The molecule has 2 nitrogen and oxygen atoms in total. The Morgan fingerprint density at radius 3 is 2.22 bits per heavy atom. The van der Waals surface area contributed by atoms with Crippen LogP contribution in [0.1, 0.15) is 26.3 Å². The molecule has 0 fully saturated rings. The summed E-state index contributed by atoms with van der Waals surface area (Å²) in [7, 11) is 13.2. The predicted octanol–water partition coefficient (Wildman–Crippen LogP) is 7.59. The van der Waals surface area contributed by atoms with Crippen LogP contribution >= 0.6 is 0 Å². The molecule has 0 amide bonds. The molecule has 4 aromatic carbocycles. The molecule has 3 aromatic heterocycles. The molecule has 4 heteroatoms. The maximum atomic E-state index is 6.62. The van der Waals surface area contributed by atoms with Crippen molar-refractivity contribution in [3.8, 4) is 11.3 Å². The summed E-state index contributed by atoms with van der Waals surface area (Å²) in [4.78, 5) is 4.74. The number of aromatic nitrogens is 2. The Kier molecular flexibility index (Phi) is 4.26. The summed E-state index contributed by atoms with van der Waals surface area (Å²) in [5.41, 5.74) is 6.29. The molecule has 0 saturated heterocycles. The van der Waals surface area contributed by atoms with Gasteiger partial charge in [-0.15, -0.1) is 0 Å². The third kappa shape index (κ3) is 2.73. The number of fused-ring (bicyclic) bond motifs is 8. The largest absolute Gasteiger partial charge is 0.308 e. The lowest BCUT2D eigenvalue weighted by molar-refractivity contribution is 0.358. The molecule has 0 aliphatic rings. The third-order valence-corrected chi connectivity index (χ3v) is 8.00. The van der Waals surface area contributed by atoms with Crippen LogP contribution in [0.2, 0.25) is 0 Å². The molecule has 0 N–H and O–H groups in total. The highest BCUT2D eigenvalue weighted by Crippen LogP contribution is 2.43. The predicted molar refractivity (Wildman–Crippen MR) is 154 cm³/mol. The van der Waals surface area contributed by atoms with Gasteiger partial charge in [0.1, 0.15) is 0 Å². The summed E-state index contributed by atoms with van der Waals surface area (Å²) >= 11 is 0.